The van der Waals surface area contributed by atoms with Crippen LogP contribution in [0.2, 0.25) is 0 Å². The van der Waals surface area contributed by atoms with Crippen molar-refractivity contribution in [3.63, 3.8) is 0 Å². The van der Waals surface area contributed by atoms with E-state index >= 15 is 0 Å². The number of rotatable bonds is 3. The van der Waals surface area contributed by atoms with Gasteiger partial charge in [-0.2, -0.15) is 0 Å². The molecule has 1 aromatic rings. The lowest BCUT2D eigenvalue weighted by atomic mass is 9.96. The molecule has 0 unspecified atom stereocenters. The summed E-state index contributed by atoms with van der Waals surface area (Å²) >= 11 is 0. The maximum absolute atomic E-state index is 13.4. The highest BCUT2D eigenvalue weighted by Crippen LogP contribution is 2.27. The molecule has 0 radical (unpaired) electrons. The third-order valence-electron chi connectivity index (χ3n) is 2.47. The van der Waals surface area contributed by atoms with E-state index in [0.29, 0.717) is 6.29 Å². The molecule has 2 nitrogen and oxygen atoms in total. The molecule has 1 aliphatic rings. The van der Waals surface area contributed by atoms with Crippen LogP contribution in [0.4, 0.5) is 4.39 Å². The second-order valence-corrected chi connectivity index (χ2v) is 3.45. The smallest absolute Gasteiger partial charge is 0.175 e. The Kier molecular flexibility index (Phi) is 2.48. The van der Waals surface area contributed by atoms with Gasteiger partial charge in [0.2, 0.25) is 0 Å². The number of hydrogen-bond donors (Lipinski definition) is 0. The second-order valence-electron chi connectivity index (χ2n) is 3.45. The number of aldehydes is 1. The maximum atomic E-state index is 13.4. The summed E-state index contributed by atoms with van der Waals surface area (Å²) < 4.78 is 18.8. The highest BCUT2D eigenvalue weighted by atomic mass is 19.1. The predicted octanol–water partition coefficient (Wildman–Crippen LogP) is 2.57. The molecule has 0 amide bonds. The molecule has 0 N–H and O–H groups in total. The van der Waals surface area contributed by atoms with Crippen molar-refractivity contribution in [3.05, 3.63) is 29.6 Å². The first-order valence-corrected chi connectivity index (χ1v) is 4.71. The molecule has 0 spiro atoms. The van der Waals surface area contributed by atoms with Crippen LogP contribution in [0.25, 0.3) is 0 Å². The Morgan fingerprint density at radius 2 is 2.21 bits per heavy atom. The Labute approximate surface area is 81.7 Å². The summed E-state index contributed by atoms with van der Waals surface area (Å²) in [7, 11) is 0. The molecular formula is C11H11FO2. The Morgan fingerprint density at radius 1 is 1.43 bits per heavy atom. The molecule has 0 aliphatic heterocycles. The van der Waals surface area contributed by atoms with Gasteiger partial charge in [-0.3, -0.25) is 4.79 Å². The van der Waals surface area contributed by atoms with E-state index in [4.69, 9.17) is 4.74 Å². The molecule has 3 heteroatoms. The van der Waals surface area contributed by atoms with Crippen molar-refractivity contribution >= 4 is 6.29 Å². The van der Waals surface area contributed by atoms with Gasteiger partial charge in [0.05, 0.1) is 11.7 Å². The van der Waals surface area contributed by atoms with E-state index in [1.165, 1.54) is 6.07 Å². The van der Waals surface area contributed by atoms with E-state index in [9.17, 15) is 9.18 Å². The van der Waals surface area contributed by atoms with Gasteiger partial charge in [0, 0.05) is 0 Å². The first-order chi connectivity index (χ1) is 6.81. The van der Waals surface area contributed by atoms with E-state index in [1.54, 1.807) is 12.1 Å². The monoisotopic (exact) mass is 194 g/mol. The van der Waals surface area contributed by atoms with Crippen LogP contribution in [0, 0.1) is 5.82 Å². The van der Waals surface area contributed by atoms with Gasteiger partial charge in [-0.05, 0) is 31.4 Å². The molecule has 14 heavy (non-hydrogen) atoms. The molecule has 0 bridgehead atoms. The summed E-state index contributed by atoms with van der Waals surface area (Å²) in [6, 6.07) is 4.62. The topological polar surface area (TPSA) is 26.3 Å². The van der Waals surface area contributed by atoms with Crippen LogP contribution < -0.4 is 4.74 Å². The van der Waals surface area contributed by atoms with Crippen molar-refractivity contribution in [1.82, 2.24) is 0 Å². The molecule has 74 valence electrons. The van der Waals surface area contributed by atoms with Gasteiger partial charge < -0.3 is 4.74 Å². The standard InChI is InChI=1S/C11H11FO2/c12-11-8(7-13)3-1-6-10(11)14-9-4-2-5-9/h1,3,6-7,9H,2,4-5H2. The first-order valence-electron chi connectivity index (χ1n) is 4.71. The molecular weight excluding hydrogens is 183 g/mol. The molecule has 0 heterocycles. The number of carbonyl (C=O) groups excluding carboxylic acids is 1. The SMILES string of the molecule is O=Cc1cccc(OC2CCC2)c1F. The van der Waals surface area contributed by atoms with Gasteiger partial charge in [-0.15, -0.1) is 0 Å². The molecule has 1 fully saturated rings. The van der Waals surface area contributed by atoms with Gasteiger partial charge in [0.1, 0.15) is 0 Å². The van der Waals surface area contributed by atoms with E-state index in [-0.39, 0.29) is 17.4 Å². The van der Waals surface area contributed by atoms with E-state index in [2.05, 4.69) is 0 Å². The minimum absolute atomic E-state index is 0.0572. The lowest BCUT2D eigenvalue weighted by Gasteiger charge is -2.26. The minimum atomic E-state index is -0.547. The van der Waals surface area contributed by atoms with Gasteiger partial charge in [0.15, 0.2) is 17.9 Å². The fraction of sp³-hybridized carbons (Fsp3) is 0.364. The van der Waals surface area contributed by atoms with Crippen LogP contribution in [-0.2, 0) is 0 Å². The third kappa shape index (κ3) is 1.62. The number of hydrogen-bond acceptors (Lipinski definition) is 2. The van der Waals surface area contributed by atoms with Crippen LogP contribution in [0.15, 0.2) is 18.2 Å². The number of halogens is 1. The van der Waals surface area contributed by atoms with Crippen molar-refractivity contribution in [2.45, 2.75) is 25.4 Å². The summed E-state index contributed by atoms with van der Waals surface area (Å²) in [6.45, 7) is 0. The van der Waals surface area contributed by atoms with Crippen LogP contribution in [-0.4, -0.2) is 12.4 Å². The van der Waals surface area contributed by atoms with Crippen molar-refractivity contribution < 1.29 is 13.9 Å². The molecule has 1 aliphatic carbocycles. The van der Waals surface area contributed by atoms with E-state index < -0.39 is 5.82 Å². The lowest BCUT2D eigenvalue weighted by molar-refractivity contribution is 0.109. The van der Waals surface area contributed by atoms with Crippen molar-refractivity contribution in [3.8, 4) is 5.75 Å². The highest BCUT2D eigenvalue weighted by molar-refractivity contribution is 5.76. The van der Waals surface area contributed by atoms with Crippen LogP contribution >= 0.6 is 0 Å². The average Bonchev–Trinajstić information content (AvgIpc) is 2.13. The quantitative estimate of drug-likeness (QED) is 0.691. The Morgan fingerprint density at radius 3 is 2.79 bits per heavy atom. The highest BCUT2D eigenvalue weighted by Gasteiger charge is 2.21. The minimum Gasteiger partial charge on any atom is -0.487 e. The van der Waals surface area contributed by atoms with Crippen molar-refractivity contribution in [2.75, 3.05) is 0 Å². The Hall–Kier alpha value is -1.38. The number of ether oxygens (including phenoxy) is 1. The largest absolute Gasteiger partial charge is 0.487 e. The normalized spacial score (nSPS) is 16.1. The number of benzene rings is 1. The predicted molar refractivity (Wildman–Crippen MR) is 50.1 cm³/mol. The van der Waals surface area contributed by atoms with Gasteiger partial charge >= 0.3 is 0 Å². The fourth-order valence-electron chi connectivity index (χ4n) is 1.38. The zero-order chi connectivity index (χ0) is 9.97. The summed E-state index contributed by atoms with van der Waals surface area (Å²) in [5.74, 6) is -0.353. The second kappa shape index (κ2) is 3.78. The molecule has 0 atom stereocenters. The summed E-state index contributed by atoms with van der Waals surface area (Å²) in [4.78, 5) is 10.5. The van der Waals surface area contributed by atoms with Crippen LogP contribution in [0.5, 0.6) is 5.75 Å². The lowest BCUT2D eigenvalue weighted by Crippen LogP contribution is -2.25. The zero-order valence-electron chi connectivity index (χ0n) is 7.70. The molecule has 1 saturated carbocycles. The fourth-order valence-corrected chi connectivity index (χ4v) is 1.38. The van der Waals surface area contributed by atoms with E-state index in [0.717, 1.165) is 19.3 Å². The maximum Gasteiger partial charge on any atom is 0.175 e. The van der Waals surface area contributed by atoms with Crippen molar-refractivity contribution in [2.24, 2.45) is 0 Å². The van der Waals surface area contributed by atoms with Crippen LogP contribution in [0.3, 0.4) is 0 Å². The summed E-state index contributed by atoms with van der Waals surface area (Å²) in [6.07, 6.45) is 3.73. The molecule has 1 aromatic carbocycles. The Bertz CT molecular complexity index is 345. The van der Waals surface area contributed by atoms with E-state index in [1.807, 2.05) is 0 Å². The van der Waals surface area contributed by atoms with Gasteiger partial charge in [-0.25, -0.2) is 4.39 Å². The molecule has 0 aromatic heterocycles. The van der Waals surface area contributed by atoms with Crippen LogP contribution in [0.1, 0.15) is 29.6 Å². The third-order valence-corrected chi connectivity index (χ3v) is 2.47. The van der Waals surface area contributed by atoms with Crippen molar-refractivity contribution in [1.29, 1.82) is 0 Å². The molecule has 0 saturated heterocycles. The Balaban J connectivity index is 2.19. The first kappa shape index (κ1) is 9.19. The zero-order valence-corrected chi connectivity index (χ0v) is 7.70. The summed E-state index contributed by atoms with van der Waals surface area (Å²) in [5.41, 5.74) is 0.0572. The number of carbonyl (C=O) groups is 1. The average molecular weight is 194 g/mol. The molecule has 2 rings (SSSR count). The van der Waals surface area contributed by atoms with Gasteiger partial charge in [-0.1, -0.05) is 6.07 Å². The van der Waals surface area contributed by atoms with Gasteiger partial charge in [0.25, 0.3) is 0 Å². The summed E-state index contributed by atoms with van der Waals surface area (Å²) in [5, 5.41) is 0.